The number of carbonyl (C=O) groups excluding carboxylic acids is 2. The van der Waals surface area contributed by atoms with Crippen LogP contribution >= 0.6 is 27.7 Å². The number of methoxy groups -OCH3 is 1. The number of carbonyl (C=O) groups is 2. The summed E-state index contributed by atoms with van der Waals surface area (Å²) in [5, 5.41) is -0.274. The maximum absolute atomic E-state index is 13.0. The molecule has 0 unspecified atom stereocenters. The van der Waals surface area contributed by atoms with Crippen molar-refractivity contribution in [2.45, 2.75) is 27.0 Å². The van der Waals surface area contributed by atoms with Gasteiger partial charge in [0.15, 0.2) is 11.5 Å². The van der Waals surface area contributed by atoms with Crippen LogP contribution in [0.3, 0.4) is 0 Å². The Morgan fingerprint density at radius 2 is 1.76 bits per heavy atom. The molecule has 1 aliphatic heterocycles. The number of benzene rings is 3. The largest absolute Gasteiger partial charge is 0.493 e. The number of imide groups is 1. The van der Waals surface area contributed by atoms with E-state index in [2.05, 4.69) is 15.9 Å². The first-order chi connectivity index (χ1) is 16.4. The molecular formula is C27H24BrNO4S. The number of aryl methyl sites for hydroxylation is 2. The molecule has 0 aromatic heterocycles. The summed E-state index contributed by atoms with van der Waals surface area (Å²) in [5.41, 5.74) is 4.96. The smallest absolute Gasteiger partial charge is 0.293 e. The fraction of sp³-hybridized carbons (Fsp3) is 0.185. The lowest BCUT2D eigenvalue weighted by atomic mass is 10.1. The first-order valence-electron chi connectivity index (χ1n) is 10.7. The van der Waals surface area contributed by atoms with Gasteiger partial charge in [0.05, 0.1) is 23.0 Å². The molecule has 1 fully saturated rings. The summed E-state index contributed by atoms with van der Waals surface area (Å²) in [5.74, 6) is 0.813. The molecule has 1 aliphatic rings. The van der Waals surface area contributed by atoms with E-state index < -0.39 is 0 Å². The number of thioether (sulfide) groups is 1. The van der Waals surface area contributed by atoms with Crippen LogP contribution in [0.5, 0.6) is 11.5 Å². The number of nitrogens with zero attached hydrogens (tertiary/aromatic N) is 1. The van der Waals surface area contributed by atoms with Crippen molar-refractivity contribution in [3.05, 3.63) is 97.9 Å². The van der Waals surface area contributed by atoms with E-state index in [0.717, 1.165) is 34.0 Å². The lowest BCUT2D eigenvalue weighted by molar-refractivity contribution is -0.123. The standard InChI is InChI=1S/C27H24BrNO4S/c1-17-8-10-19(11-9-17)16-33-25-22(28)12-20(13-23(25)32-3)14-24-26(30)29(27(31)34-24)15-21-7-5-4-6-18(21)2/h4-14H,15-16H2,1-3H3/b24-14-. The Kier molecular flexibility index (Phi) is 7.44. The first kappa shape index (κ1) is 24.1. The Labute approximate surface area is 211 Å². The minimum Gasteiger partial charge on any atom is -0.493 e. The minimum atomic E-state index is -0.298. The number of hydrogen-bond donors (Lipinski definition) is 0. The molecule has 7 heteroatoms. The second-order valence-corrected chi connectivity index (χ2v) is 9.85. The maximum atomic E-state index is 13.0. The highest BCUT2D eigenvalue weighted by Gasteiger charge is 2.35. The van der Waals surface area contributed by atoms with Crippen molar-refractivity contribution in [3.8, 4) is 11.5 Å². The minimum absolute atomic E-state index is 0.257. The van der Waals surface area contributed by atoms with Gasteiger partial charge in [-0.05, 0) is 82.0 Å². The SMILES string of the molecule is COc1cc(/C=C2\SC(=O)N(Cc3ccccc3C)C2=O)cc(Br)c1OCc1ccc(C)cc1. The Bertz CT molecular complexity index is 1270. The fourth-order valence-corrected chi connectivity index (χ4v) is 4.96. The van der Waals surface area contributed by atoms with Crippen molar-refractivity contribution in [1.82, 2.24) is 4.90 Å². The predicted molar refractivity (Wildman–Crippen MR) is 139 cm³/mol. The van der Waals surface area contributed by atoms with Crippen molar-refractivity contribution >= 4 is 44.9 Å². The van der Waals surface area contributed by atoms with E-state index in [9.17, 15) is 9.59 Å². The normalized spacial score (nSPS) is 14.7. The van der Waals surface area contributed by atoms with Crippen molar-refractivity contribution in [2.24, 2.45) is 0 Å². The molecule has 174 valence electrons. The Balaban J connectivity index is 1.53. The molecule has 3 aromatic carbocycles. The predicted octanol–water partition coefficient (Wildman–Crippen LogP) is 6.89. The molecule has 0 bridgehead atoms. The zero-order valence-corrected chi connectivity index (χ0v) is 21.5. The third kappa shape index (κ3) is 5.37. The lowest BCUT2D eigenvalue weighted by Crippen LogP contribution is -2.27. The second kappa shape index (κ2) is 10.5. The summed E-state index contributed by atoms with van der Waals surface area (Å²) in [6.07, 6.45) is 1.71. The van der Waals surface area contributed by atoms with E-state index in [1.807, 2.05) is 68.4 Å². The zero-order valence-electron chi connectivity index (χ0n) is 19.1. The van der Waals surface area contributed by atoms with Gasteiger partial charge < -0.3 is 9.47 Å². The monoisotopic (exact) mass is 537 g/mol. The van der Waals surface area contributed by atoms with Crippen LogP contribution in [0.25, 0.3) is 6.08 Å². The Morgan fingerprint density at radius 1 is 1.03 bits per heavy atom. The summed E-state index contributed by atoms with van der Waals surface area (Å²) < 4.78 is 12.3. The molecule has 4 rings (SSSR count). The Morgan fingerprint density at radius 3 is 2.47 bits per heavy atom. The van der Waals surface area contributed by atoms with Gasteiger partial charge in [-0.1, -0.05) is 54.1 Å². The molecule has 5 nitrogen and oxygen atoms in total. The van der Waals surface area contributed by atoms with Crippen molar-refractivity contribution in [2.75, 3.05) is 7.11 Å². The van der Waals surface area contributed by atoms with Gasteiger partial charge in [-0.15, -0.1) is 0 Å². The van der Waals surface area contributed by atoms with Crippen LogP contribution in [0.4, 0.5) is 4.79 Å². The van der Waals surface area contributed by atoms with Gasteiger partial charge in [-0.2, -0.15) is 0 Å². The summed E-state index contributed by atoms with van der Waals surface area (Å²) in [7, 11) is 1.57. The van der Waals surface area contributed by atoms with E-state index in [1.165, 1.54) is 10.5 Å². The number of hydrogen-bond acceptors (Lipinski definition) is 5. The van der Waals surface area contributed by atoms with Gasteiger partial charge in [0, 0.05) is 0 Å². The molecule has 1 heterocycles. The van der Waals surface area contributed by atoms with Gasteiger partial charge in [-0.25, -0.2) is 0 Å². The summed E-state index contributed by atoms with van der Waals surface area (Å²) in [6.45, 7) is 4.66. The zero-order chi connectivity index (χ0) is 24.2. The van der Waals surface area contributed by atoms with E-state index >= 15 is 0 Å². The van der Waals surface area contributed by atoms with Crippen LogP contribution in [-0.2, 0) is 17.9 Å². The van der Waals surface area contributed by atoms with Gasteiger partial charge in [0.2, 0.25) is 0 Å². The molecule has 0 N–H and O–H groups in total. The van der Waals surface area contributed by atoms with Gasteiger partial charge in [-0.3, -0.25) is 14.5 Å². The average molecular weight is 538 g/mol. The van der Waals surface area contributed by atoms with Crippen molar-refractivity contribution in [1.29, 1.82) is 0 Å². The summed E-state index contributed by atoms with van der Waals surface area (Å²) >= 11 is 4.51. The molecule has 34 heavy (non-hydrogen) atoms. The number of amides is 2. The van der Waals surface area contributed by atoms with Gasteiger partial charge in [0.25, 0.3) is 11.1 Å². The molecule has 0 radical (unpaired) electrons. The maximum Gasteiger partial charge on any atom is 0.293 e. The third-order valence-electron chi connectivity index (χ3n) is 5.52. The number of rotatable bonds is 7. The Hall–Kier alpha value is -3.03. The topological polar surface area (TPSA) is 55.8 Å². The molecule has 2 amide bonds. The van der Waals surface area contributed by atoms with Gasteiger partial charge >= 0.3 is 0 Å². The van der Waals surface area contributed by atoms with Crippen molar-refractivity contribution < 1.29 is 19.1 Å². The van der Waals surface area contributed by atoms with E-state index in [0.29, 0.717) is 27.5 Å². The fourth-order valence-electron chi connectivity index (χ4n) is 3.55. The van der Waals surface area contributed by atoms with Crippen LogP contribution in [0.2, 0.25) is 0 Å². The third-order valence-corrected chi connectivity index (χ3v) is 7.01. The summed E-state index contributed by atoms with van der Waals surface area (Å²) in [6, 6.07) is 19.5. The highest BCUT2D eigenvalue weighted by atomic mass is 79.9. The van der Waals surface area contributed by atoms with Crippen LogP contribution in [0, 0.1) is 13.8 Å². The quantitative estimate of drug-likeness (QED) is 0.307. The van der Waals surface area contributed by atoms with Crippen LogP contribution in [0.1, 0.15) is 27.8 Å². The molecular weight excluding hydrogens is 514 g/mol. The molecule has 0 spiro atoms. The van der Waals surface area contributed by atoms with Gasteiger partial charge in [0.1, 0.15) is 6.61 Å². The number of ether oxygens (including phenoxy) is 2. The van der Waals surface area contributed by atoms with Crippen LogP contribution in [-0.4, -0.2) is 23.2 Å². The lowest BCUT2D eigenvalue weighted by Gasteiger charge is -2.14. The number of halogens is 1. The molecule has 3 aromatic rings. The second-order valence-electron chi connectivity index (χ2n) is 8.00. The highest BCUT2D eigenvalue weighted by molar-refractivity contribution is 9.10. The van der Waals surface area contributed by atoms with E-state index in [4.69, 9.17) is 9.47 Å². The van der Waals surface area contributed by atoms with Crippen LogP contribution in [0.15, 0.2) is 70.0 Å². The average Bonchev–Trinajstić information content (AvgIpc) is 3.07. The first-order valence-corrected chi connectivity index (χ1v) is 12.3. The molecule has 1 saturated heterocycles. The molecule has 0 saturated carbocycles. The van der Waals surface area contributed by atoms with E-state index in [1.54, 1.807) is 19.3 Å². The van der Waals surface area contributed by atoms with Crippen molar-refractivity contribution in [3.63, 3.8) is 0 Å². The highest BCUT2D eigenvalue weighted by Crippen LogP contribution is 2.39. The molecule has 0 aliphatic carbocycles. The van der Waals surface area contributed by atoms with E-state index in [-0.39, 0.29) is 17.7 Å². The van der Waals surface area contributed by atoms with Crippen LogP contribution < -0.4 is 9.47 Å². The molecule has 0 atom stereocenters. The summed E-state index contributed by atoms with van der Waals surface area (Å²) in [4.78, 5) is 27.2.